The van der Waals surface area contributed by atoms with Crippen LogP contribution >= 0.6 is 0 Å². The van der Waals surface area contributed by atoms with Crippen LogP contribution in [-0.2, 0) is 0 Å². The van der Waals surface area contributed by atoms with Crippen molar-refractivity contribution in [2.24, 2.45) is 0 Å². The predicted octanol–water partition coefficient (Wildman–Crippen LogP) is 3.70. The van der Waals surface area contributed by atoms with Crippen LogP contribution in [0.2, 0.25) is 0 Å². The first-order chi connectivity index (χ1) is 11.2. The molecule has 0 spiro atoms. The van der Waals surface area contributed by atoms with Gasteiger partial charge in [-0.05, 0) is 36.8 Å². The van der Waals surface area contributed by atoms with Crippen LogP contribution in [-0.4, -0.2) is 23.8 Å². The number of nitrogens with one attached hydrogen (secondary N) is 1. The second-order valence-electron chi connectivity index (χ2n) is 5.58. The van der Waals surface area contributed by atoms with E-state index < -0.39 is 0 Å². The van der Waals surface area contributed by atoms with Gasteiger partial charge in [0.2, 0.25) is 0 Å². The summed E-state index contributed by atoms with van der Waals surface area (Å²) in [7, 11) is 1.65. The van der Waals surface area contributed by atoms with Gasteiger partial charge in [0.25, 0.3) is 0 Å². The summed E-state index contributed by atoms with van der Waals surface area (Å²) < 4.78 is 5.26. The van der Waals surface area contributed by atoms with Gasteiger partial charge in [-0.1, -0.05) is 29.8 Å². The molecule has 3 rings (SSSR count). The zero-order chi connectivity index (χ0) is 16.2. The average Bonchev–Trinajstić information content (AvgIpc) is 2.59. The van der Waals surface area contributed by atoms with Crippen LogP contribution in [0.3, 0.4) is 0 Å². The predicted molar refractivity (Wildman–Crippen MR) is 92.9 cm³/mol. The summed E-state index contributed by atoms with van der Waals surface area (Å²) in [6.07, 6.45) is 1.78. The van der Waals surface area contributed by atoms with Gasteiger partial charge < -0.3 is 15.2 Å². The standard InChI is InChI=1S/C19H20N2O2/c1-13-4-3-5-14(8-13)19(12-22)21-16-9-15-10-17(23-2)6-7-18(15)20-11-16/h3-11,19,21-22H,12H2,1-2H3. The molecule has 4 heteroatoms. The zero-order valence-corrected chi connectivity index (χ0v) is 13.3. The monoisotopic (exact) mass is 308 g/mol. The Morgan fingerprint density at radius 1 is 1.17 bits per heavy atom. The van der Waals surface area contributed by atoms with Gasteiger partial charge in [-0.3, -0.25) is 4.98 Å². The van der Waals surface area contributed by atoms with E-state index in [4.69, 9.17) is 4.74 Å². The van der Waals surface area contributed by atoms with E-state index in [0.717, 1.165) is 27.9 Å². The van der Waals surface area contributed by atoms with Gasteiger partial charge in [-0.2, -0.15) is 0 Å². The Morgan fingerprint density at radius 2 is 2.04 bits per heavy atom. The molecule has 1 aromatic heterocycles. The fourth-order valence-electron chi connectivity index (χ4n) is 2.64. The lowest BCUT2D eigenvalue weighted by molar-refractivity contribution is 0.276. The van der Waals surface area contributed by atoms with Crippen LogP contribution in [0.4, 0.5) is 5.69 Å². The number of methoxy groups -OCH3 is 1. The quantitative estimate of drug-likeness (QED) is 0.754. The van der Waals surface area contributed by atoms with Crippen molar-refractivity contribution in [1.82, 2.24) is 4.98 Å². The molecule has 0 fully saturated rings. The highest BCUT2D eigenvalue weighted by Crippen LogP contribution is 2.25. The summed E-state index contributed by atoms with van der Waals surface area (Å²) in [6.45, 7) is 2.06. The number of aryl methyl sites for hydroxylation is 1. The Hall–Kier alpha value is -2.59. The maximum Gasteiger partial charge on any atom is 0.119 e. The fourth-order valence-corrected chi connectivity index (χ4v) is 2.64. The summed E-state index contributed by atoms with van der Waals surface area (Å²) in [6, 6.07) is 15.8. The minimum atomic E-state index is -0.167. The van der Waals surface area contributed by atoms with Gasteiger partial charge in [0.05, 0.1) is 37.2 Å². The Kier molecular flexibility index (Phi) is 4.44. The number of anilines is 1. The highest BCUT2D eigenvalue weighted by Gasteiger charge is 2.11. The summed E-state index contributed by atoms with van der Waals surface area (Å²) in [5, 5.41) is 14.1. The SMILES string of the molecule is COc1ccc2ncc(NC(CO)c3cccc(C)c3)cc2c1. The molecule has 2 aromatic carbocycles. The molecule has 2 N–H and O–H groups in total. The van der Waals surface area contributed by atoms with Crippen LogP contribution in [0, 0.1) is 6.92 Å². The lowest BCUT2D eigenvalue weighted by atomic mass is 10.0. The number of hydrogen-bond acceptors (Lipinski definition) is 4. The first kappa shape index (κ1) is 15.3. The van der Waals surface area contributed by atoms with Crippen molar-refractivity contribution in [3.63, 3.8) is 0 Å². The molecule has 0 saturated carbocycles. The molecule has 0 aliphatic heterocycles. The number of aliphatic hydroxyl groups is 1. The lowest BCUT2D eigenvalue weighted by Crippen LogP contribution is -2.15. The smallest absolute Gasteiger partial charge is 0.119 e. The van der Waals surface area contributed by atoms with Crippen molar-refractivity contribution in [2.45, 2.75) is 13.0 Å². The van der Waals surface area contributed by atoms with Crippen molar-refractivity contribution >= 4 is 16.6 Å². The van der Waals surface area contributed by atoms with Crippen molar-refractivity contribution in [2.75, 3.05) is 19.0 Å². The Bertz CT molecular complexity index is 817. The third kappa shape index (κ3) is 3.43. The van der Waals surface area contributed by atoms with E-state index in [1.807, 2.05) is 49.4 Å². The molecule has 1 unspecified atom stereocenters. The van der Waals surface area contributed by atoms with E-state index in [1.165, 1.54) is 5.56 Å². The maximum absolute atomic E-state index is 9.72. The third-order valence-corrected chi connectivity index (χ3v) is 3.86. The number of fused-ring (bicyclic) bond motifs is 1. The van der Waals surface area contributed by atoms with Gasteiger partial charge in [0.15, 0.2) is 0 Å². The van der Waals surface area contributed by atoms with Crippen LogP contribution in [0.15, 0.2) is 54.7 Å². The number of benzene rings is 2. The molecule has 3 aromatic rings. The van der Waals surface area contributed by atoms with Crippen LogP contribution < -0.4 is 10.1 Å². The fraction of sp³-hybridized carbons (Fsp3) is 0.211. The zero-order valence-electron chi connectivity index (χ0n) is 13.3. The highest BCUT2D eigenvalue weighted by atomic mass is 16.5. The second-order valence-corrected chi connectivity index (χ2v) is 5.58. The molecule has 4 nitrogen and oxygen atoms in total. The molecule has 0 bridgehead atoms. The van der Waals surface area contributed by atoms with Crippen molar-refractivity contribution in [3.05, 3.63) is 65.9 Å². The van der Waals surface area contributed by atoms with E-state index in [0.29, 0.717) is 0 Å². The number of rotatable bonds is 5. The van der Waals surface area contributed by atoms with E-state index in [1.54, 1.807) is 13.3 Å². The first-order valence-electron chi connectivity index (χ1n) is 7.57. The Balaban J connectivity index is 1.89. The molecule has 118 valence electrons. The number of aromatic nitrogens is 1. The molecule has 1 heterocycles. The molecule has 1 atom stereocenters. The number of ether oxygens (including phenoxy) is 1. The normalized spacial score (nSPS) is 12.1. The number of nitrogens with zero attached hydrogens (tertiary/aromatic N) is 1. The van der Waals surface area contributed by atoms with Crippen LogP contribution in [0.5, 0.6) is 5.75 Å². The van der Waals surface area contributed by atoms with Gasteiger partial charge in [0.1, 0.15) is 5.75 Å². The lowest BCUT2D eigenvalue weighted by Gasteiger charge is -2.18. The average molecular weight is 308 g/mol. The summed E-state index contributed by atoms with van der Waals surface area (Å²) in [5.74, 6) is 0.800. The highest BCUT2D eigenvalue weighted by molar-refractivity contribution is 5.83. The van der Waals surface area contributed by atoms with E-state index in [2.05, 4.69) is 16.4 Å². The number of hydrogen-bond donors (Lipinski definition) is 2. The van der Waals surface area contributed by atoms with E-state index >= 15 is 0 Å². The maximum atomic E-state index is 9.72. The molecular formula is C19H20N2O2. The van der Waals surface area contributed by atoms with Crippen molar-refractivity contribution in [1.29, 1.82) is 0 Å². The second kappa shape index (κ2) is 6.67. The number of pyridine rings is 1. The van der Waals surface area contributed by atoms with Crippen molar-refractivity contribution in [3.8, 4) is 5.75 Å². The van der Waals surface area contributed by atoms with Crippen LogP contribution in [0.1, 0.15) is 17.2 Å². The third-order valence-electron chi connectivity index (χ3n) is 3.86. The number of aliphatic hydroxyl groups excluding tert-OH is 1. The van der Waals surface area contributed by atoms with Crippen molar-refractivity contribution < 1.29 is 9.84 Å². The molecule has 0 radical (unpaired) electrons. The minimum absolute atomic E-state index is 0.0135. The minimum Gasteiger partial charge on any atom is -0.497 e. The van der Waals surface area contributed by atoms with Crippen LogP contribution in [0.25, 0.3) is 10.9 Å². The van der Waals surface area contributed by atoms with Gasteiger partial charge in [0, 0.05) is 5.39 Å². The molecule has 0 amide bonds. The molecule has 0 aliphatic carbocycles. The Morgan fingerprint density at radius 3 is 2.78 bits per heavy atom. The summed E-state index contributed by atoms with van der Waals surface area (Å²) in [4.78, 5) is 4.46. The molecule has 23 heavy (non-hydrogen) atoms. The largest absolute Gasteiger partial charge is 0.497 e. The van der Waals surface area contributed by atoms with E-state index in [9.17, 15) is 5.11 Å². The molecule has 0 aliphatic rings. The van der Waals surface area contributed by atoms with Gasteiger partial charge in [-0.15, -0.1) is 0 Å². The summed E-state index contributed by atoms with van der Waals surface area (Å²) in [5.41, 5.74) is 4.00. The van der Waals surface area contributed by atoms with Gasteiger partial charge >= 0.3 is 0 Å². The van der Waals surface area contributed by atoms with Gasteiger partial charge in [-0.25, -0.2) is 0 Å². The first-order valence-corrected chi connectivity index (χ1v) is 7.57. The molecular weight excluding hydrogens is 288 g/mol. The summed E-state index contributed by atoms with van der Waals surface area (Å²) >= 11 is 0. The Labute approximate surface area is 135 Å². The molecule has 0 saturated heterocycles. The van der Waals surface area contributed by atoms with E-state index in [-0.39, 0.29) is 12.6 Å². The topological polar surface area (TPSA) is 54.4 Å².